The Morgan fingerprint density at radius 3 is 2.55 bits per heavy atom. The fourth-order valence-electron chi connectivity index (χ4n) is 3.77. The highest BCUT2D eigenvalue weighted by atomic mass is 19.1. The molecule has 0 radical (unpaired) electrons. The SMILES string of the molecule is Cc1ccccc1Cc1noc(CN(Cc2ccc(F)cc2)C2CCOCC2)n1. The third kappa shape index (κ3) is 5.28. The summed E-state index contributed by atoms with van der Waals surface area (Å²) < 4.78 is 24.4. The van der Waals surface area contributed by atoms with Gasteiger partial charge in [0.15, 0.2) is 5.82 Å². The first-order chi connectivity index (χ1) is 14.2. The molecule has 0 amide bonds. The fraction of sp³-hybridized carbons (Fsp3) is 0.391. The summed E-state index contributed by atoms with van der Waals surface area (Å²) in [5, 5.41) is 4.18. The van der Waals surface area contributed by atoms with Crippen LogP contribution in [0.3, 0.4) is 0 Å². The molecular weight excluding hydrogens is 369 g/mol. The normalized spacial score (nSPS) is 15.1. The van der Waals surface area contributed by atoms with Crippen LogP contribution in [0.4, 0.5) is 4.39 Å². The first kappa shape index (κ1) is 19.7. The van der Waals surface area contributed by atoms with Gasteiger partial charge in [0.25, 0.3) is 0 Å². The molecule has 1 aromatic heterocycles. The van der Waals surface area contributed by atoms with Crippen LogP contribution in [0, 0.1) is 12.7 Å². The Morgan fingerprint density at radius 1 is 1.03 bits per heavy atom. The molecule has 0 aliphatic carbocycles. The molecular formula is C23H26FN3O2. The van der Waals surface area contributed by atoms with Crippen LogP contribution in [-0.2, 0) is 24.2 Å². The second-order valence-electron chi connectivity index (χ2n) is 7.58. The van der Waals surface area contributed by atoms with Crippen molar-refractivity contribution in [2.45, 2.75) is 45.3 Å². The van der Waals surface area contributed by atoms with Gasteiger partial charge in [-0.1, -0.05) is 41.6 Å². The molecule has 152 valence electrons. The van der Waals surface area contributed by atoms with Crippen LogP contribution in [0.5, 0.6) is 0 Å². The summed E-state index contributed by atoms with van der Waals surface area (Å²) in [6.07, 6.45) is 2.59. The zero-order chi connectivity index (χ0) is 20.1. The third-order valence-electron chi connectivity index (χ3n) is 5.46. The number of ether oxygens (including phenoxy) is 1. The molecule has 0 N–H and O–H groups in total. The van der Waals surface area contributed by atoms with Crippen LogP contribution in [0.2, 0.25) is 0 Å². The first-order valence-corrected chi connectivity index (χ1v) is 10.1. The van der Waals surface area contributed by atoms with E-state index in [0.717, 1.165) is 31.6 Å². The number of nitrogens with zero attached hydrogens (tertiary/aromatic N) is 3. The predicted octanol–water partition coefficient (Wildman–Crippen LogP) is 4.29. The Bertz CT molecular complexity index is 920. The summed E-state index contributed by atoms with van der Waals surface area (Å²) in [6.45, 7) is 4.88. The number of halogens is 1. The topological polar surface area (TPSA) is 51.4 Å². The van der Waals surface area contributed by atoms with E-state index in [2.05, 4.69) is 34.1 Å². The summed E-state index contributed by atoms with van der Waals surface area (Å²) >= 11 is 0. The van der Waals surface area contributed by atoms with Crippen LogP contribution in [0.25, 0.3) is 0 Å². The van der Waals surface area contributed by atoms with Crippen molar-refractivity contribution in [3.63, 3.8) is 0 Å². The van der Waals surface area contributed by atoms with E-state index in [1.165, 1.54) is 23.3 Å². The Hall–Kier alpha value is -2.57. The minimum absolute atomic E-state index is 0.218. The Balaban J connectivity index is 1.47. The van der Waals surface area contributed by atoms with Gasteiger partial charge >= 0.3 is 0 Å². The van der Waals surface area contributed by atoms with Crippen LogP contribution in [0.1, 0.15) is 41.2 Å². The van der Waals surface area contributed by atoms with Gasteiger partial charge in [-0.2, -0.15) is 4.98 Å². The second-order valence-corrected chi connectivity index (χ2v) is 7.58. The van der Waals surface area contributed by atoms with E-state index < -0.39 is 0 Å². The molecule has 2 heterocycles. The largest absolute Gasteiger partial charge is 0.381 e. The molecule has 3 aromatic rings. The van der Waals surface area contributed by atoms with E-state index in [1.807, 2.05) is 24.3 Å². The van der Waals surface area contributed by atoms with Gasteiger partial charge in [0.1, 0.15) is 5.82 Å². The minimum atomic E-state index is -0.218. The predicted molar refractivity (Wildman–Crippen MR) is 108 cm³/mol. The van der Waals surface area contributed by atoms with Crippen molar-refractivity contribution in [3.05, 3.63) is 82.8 Å². The molecule has 0 unspecified atom stereocenters. The van der Waals surface area contributed by atoms with E-state index in [-0.39, 0.29) is 5.82 Å². The number of rotatable bonds is 7. The average molecular weight is 395 g/mol. The van der Waals surface area contributed by atoms with Gasteiger partial charge in [-0.3, -0.25) is 4.90 Å². The average Bonchev–Trinajstić information content (AvgIpc) is 3.18. The minimum Gasteiger partial charge on any atom is -0.381 e. The molecule has 6 heteroatoms. The van der Waals surface area contributed by atoms with E-state index in [9.17, 15) is 4.39 Å². The van der Waals surface area contributed by atoms with Crippen LogP contribution in [-0.4, -0.2) is 34.3 Å². The molecule has 1 aliphatic rings. The van der Waals surface area contributed by atoms with Crippen molar-refractivity contribution < 1.29 is 13.7 Å². The van der Waals surface area contributed by atoms with Crippen molar-refractivity contribution in [1.82, 2.24) is 15.0 Å². The Morgan fingerprint density at radius 2 is 1.79 bits per heavy atom. The van der Waals surface area contributed by atoms with Gasteiger partial charge in [-0.05, 0) is 48.6 Å². The monoisotopic (exact) mass is 395 g/mol. The number of hydrogen-bond donors (Lipinski definition) is 0. The van der Waals surface area contributed by atoms with Crippen LogP contribution in [0.15, 0.2) is 53.1 Å². The molecule has 29 heavy (non-hydrogen) atoms. The van der Waals surface area contributed by atoms with Gasteiger partial charge in [0, 0.05) is 32.2 Å². The molecule has 4 rings (SSSR count). The van der Waals surface area contributed by atoms with Crippen molar-refractivity contribution in [2.75, 3.05) is 13.2 Å². The fourth-order valence-corrected chi connectivity index (χ4v) is 3.77. The lowest BCUT2D eigenvalue weighted by atomic mass is 10.1. The summed E-state index contributed by atoms with van der Waals surface area (Å²) in [6, 6.07) is 15.3. The Kier molecular flexibility index (Phi) is 6.32. The van der Waals surface area contributed by atoms with Crippen molar-refractivity contribution in [1.29, 1.82) is 0 Å². The quantitative estimate of drug-likeness (QED) is 0.597. The summed E-state index contributed by atoms with van der Waals surface area (Å²) in [4.78, 5) is 6.96. The summed E-state index contributed by atoms with van der Waals surface area (Å²) in [5.74, 6) is 1.09. The standard InChI is InChI=1S/C23H26FN3O2/c1-17-4-2-3-5-19(17)14-22-25-23(29-26-22)16-27(21-10-12-28-13-11-21)15-18-6-8-20(24)9-7-18/h2-9,21H,10-16H2,1H3. The maximum Gasteiger partial charge on any atom is 0.240 e. The van der Waals surface area contributed by atoms with E-state index in [0.29, 0.717) is 37.3 Å². The van der Waals surface area contributed by atoms with E-state index in [1.54, 1.807) is 0 Å². The zero-order valence-corrected chi connectivity index (χ0v) is 16.7. The van der Waals surface area contributed by atoms with Gasteiger partial charge in [0.05, 0.1) is 6.54 Å². The molecule has 1 fully saturated rings. The summed E-state index contributed by atoms with van der Waals surface area (Å²) in [5.41, 5.74) is 3.49. The maximum absolute atomic E-state index is 13.3. The molecule has 2 aromatic carbocycles. The van der Waals surface area contributed by atoms with Crippen molar-refractivity contribution in [2.24, 2.45) is 0 Å². The van der Waals surface area contributed by atoms with Gasteiger partial charge in [0.2, 0.25) is 5.89 Å². The van der Waals surface area contributed by atoms with E-state index >= 15 is 0 Å². The lowest BCUT2D eigenvalue weighted by Crippen LogP contribution is -2.38. The number of aromatic nitrogens is 2. The molecule has 1 saturated heterocycles. The van der Waals surface area contributed by atoms with Crippen LogP contribution < -0.4 is 0 Å². The smallest absolute Gasteiger partial charge is 0.240 e. The maximum atomic E-state index is 13.3. The van der Waals surface area contributed by atoms with Crippen molar-refractivity contribution >= 4 is 0 Å². The first-order valence-electron chi connectivity index (χ1n) is 10.1. The lowest BCUT2D eigenvalue weighted by Gasteiger charge is -2.33. The Labute approximate surface area is 170 Å². The lowest BCUT2D eigenvalue weighted by molar-refractivity contribution is 0.0239. The molecule has 0 atom stereocenters. The van der Waals surface area contributed by atoms with Gasteiger partial charge in [-0.25, -0.2) is 4.39 Å². The second kappa shape index (κ2) is 9.29. The highest BCUT2D eigenvalue weighted by Gasteiger charge is 2.24. The molecule has 5 nitrogen and oxygen atoms in total. The van der Waals surface area contributed by atoms with Gasteiger partial charge < -0.3 is 9.26 Å². The summed E-state index contributed by atoms with van der Waals surface area (Å²) in [7, 11) is 0. The van der Waals surface area contributed by atoms with Crippen LogP contribution >= 0.6 is 0 Å². The highest BCUT2D eigenvalue weighted by Crippen LogP contribution is 2.21. The van der Waals surface area contributed by atoms with Gasteiger partial charge in [-0.15, -0.1) is 0 Å². The molecule has 0 saturated carbocycles. The zero-order valence-electron chi connectivity index (χ0n) is 16.7. The van der Waals surface area contributed by atoms with Crippen molar-refractivity contribution in [3.8, 4) is 0 Å². The molecule has 0 bridgehead atoms. The third-order valence-corrected chi connectivity index (χ3v) is 5.46. The number of hydrogen-bond acceptors (Lipinski definition) is 5. The van der Waals surface area contributed by atoms with E-state index in [4.69, 9.17) is 9.26 Å². The number of aryl methyl sites for hydroxylation is 1. The molecule has 0 spiro atoms. The molecule has 1 aliphatic heterocycles. The number of benzene rings is 2. The highest BCUT2D eigenvalue weighted by molar-refractivity contribution is 5.28.